The van der Waals surface area contributed by atoms with E-state index >= 15 is 0 Å². The molecule has 4 atom stereocenters. The minimum atomic E-state index is -0.650. The maximum Gasteiger partial charge on any atom is 0.336 e. The smallest absolute Gasteiger partial charge is 0.336 e. The molecule has 4 aliphatic heterocycles. The van der Waals surface area contributed by atoms with Crippen molar-refractivity contribution in [3.05, 3.63) is 113 Å². The Labute approximate surface area is 278 Å². The van der Waals surface area contributed by atoms with Gasteiger partial charge >= 0.3 is 40.1 Å². The van der Waals surface area contributed by atoms with Crippen molar-refractivity contribution >= 4 is 5.97 Å². The Morgan fingerprint density at radius 3 is 1.10 bits per heavy atom. The lowest BCUT2D eigenvalue weighted by molar-refractivity contribution is -0.139. The molecule has 266 valence electrons. The number of carbonyl (C=O) groups is 1. The van der Waals surface area contributed by atoms with Crippen molar-refractivity contribution in [1.29, 1.82) is 0 Å². The Bertz CT molecular complexity index is 1840. The lowest BCUT2D eigenvalue weighted by Crippen LogP contribution is -2.55. The molecule has 4 unspecified atom stereocenters. The topological polar surface area (TPSA) is 208 Å². The molecule has 4 saturated heterocycles. The lowest BCUT2D eigenvalue weighted by atomic mass is 10.4. The molecule has 0 N–H and O–H groups in total. The van der Waals surface area contributed by atoms with Crippen LogP contribution in [0.15, 0.2) is 78.9 Å². The number of epoxide rings is 4. The minimum absolute atomic E-state index is 0.0562. The molecule has 18 nitrogen and oxygen atoms in total. The molecule has 0 spiro atoms. The van der Waals surface area contributed by atoms with Gasteiger partial charge in [0.2, 0.25) is 0 Å². The summed E-state index contributed by atoms with van der Waals surface area (Å²) < 4.78 is 30.8. The number of hydrogen-bond acceptors (Lipinski definition) is 12. The van der Waals surface area contributed by atoms with E-state index in [4.69, 9.17) is 23.7 Å². The van der Waals surface area contributed by atoms with Gasteiger partial charge in [0.1, 0.15) is 12.7 Å². The van der Waals surface area contributed by atoms with E-state index in [1.165, 1.54) is 18.2 Å². The Hall–Kier alpha value is -4.91. The van der Waals surface area contributed by atoms with Crippen LogP contribution < -0.4 is 34.1 Å². The fraction of sp³-hybridized carbons (Fsp3) is 0.516. The summed E-state index contributed by atoms with van der Waals surface area (Å²) in [6.45, 7) is 18.9. The van der Waals surface area contributed by atoms with Crippen LogP contribution in [-0.2, 0) is 67.7 Å². The first kappa shape index (κ1) is 36.9. The normalized spacial score (nSPS) is 20.8. The molecule has 4 fully saturated rings. The van der Waals surface area contributed by atoms with Crippen molar-refractivity contribution in [3.63, 3.8) is 0 Å². The highest BCUT2D eigenvalue weighted by Gasteiger charge is 2.30. The molecular formula is C31H40N6O12. The maximum absolute atomic E-state index is 12.3. The molecule has 49 heavy (non-hydrogen) atoms. The van der Waals surface area contributed by atoms with Crippen molar-refractivity contribution in [2.45, 2.75) is 70.6 Å². The third-order valence-electron chi connectivity index (χ3n) is 7.22. The Morgan fingerprint density at radius 2 is 0.857 bits per heavy atom. The van der Waals surface area contributed by atoms with E-state index in [0.717, 1.165) is 27.4 Å². The highest BCUT2D eigenvalue weighted by molar-refractivity contribution is 5.86. The molecule has 2 aromatic heterocycles. The zero-order valence-corrected chi connectivity index (χ0v) is 27.2. The first-order chi connectivity index (χ1) is 23.4. The summed E-state index contributed by atoms with van der Waals surface area (Å²) in [5, 5.41) is 0. The molecule has 0 bridgehead atoms. The number of allylic oxidation sites excluding steroid dienone is 3. The highest BCUT2D eigenvalue weighted by Crippen LogP contribution is 2.11. The van der Waals surface area contributed by atoms with Crippen LogP contribution >= 0.6 is 0 Å². The number of ether oxygens (including phenoxy) is 5. The standard InChI is InChI=1S/C12H15N3O5.C12H15N3O4.C7H10O3/c1-2-3-13-10(16)14(4-8-6-19-8)12(18)15(11(13)17)5-9-7-20-9;1-3-5-13-10(16)14(6-4-2)12(18)15(11(13)17)7-9-8-19-9;1-5(2)7(8)10-4-6-3-9-6/h2,8-9H,1,3-7H2;3-4,9H,1-2,5-8H2;6H,1,3-4H2,2H3. The molecule has 18 heteroatoms. The number of carbonyl (C=O) groups excluding carboxylic acids is 1. The third kappa shape index (κ3) is 10.0. The van der Waals surface area contributed by atoms with Crippen molar-refractivity contribution in [1.82, 2.24) is 27.4 Å². The van der Waals surface area contributed by atoms with Crippen LogP contribution in [0.3, 0.4) is 0 Å². The van der Waals surface area contributed by atoms with Gasteiger partial charge in [0.15, 0.2) is 0 Å². The molecule has 0 aliphatic carbocycles. The fourth-order valence-corrected chi connectivity index (χ4v) is 4.28. The molecule has 6 heterocycles. The van der Waals surface area contributed by atoms with E-state index < -0.39 is 34.1 Å². The number of esters is 1. The van der Waals surface area contributed by atoms with Gasteiger partial charge in [-0.25, -0.2) is 61.0 Å². The van der Waals surface area contributed by atoms with E-state index in [2.05, 4.69) is 26.3 Å². The minimum Gasteiger partial charge on any atom is -0.459 e. The average Bonchev–Trinajstić information content (AvgIpc) is 3.88. The van der Waals surface area contributed by atoms with Crippen LogP contribution in [-0.4, -0.2) is 90.8 Å². The SMILES string of the molecule is C=C(C)C(=O)OCC1CO1.C=CCn1c(=O)n(CC2CO2)c(=O)n(CC2CO2)c1=O.C=CCn1c(=O)n(CC=C)c(=O)n(CC2CO2)c1=O. The van der Waals surface area contributed by atoms with Crippen LogP contribution in [0.1, 0.15) is 6.92 Å². The molecule has 4 aliphatic rings. The first-order valence-electron chi connectivity index (χ1n) is 15.4. The summed E-state index contributed by atoms with van der Waals surface area (Å²) in [6, 6.07) is 0. The van der Waals surface area contributed by atoms with Gasteiger partial charge in [0.05, 0.1) is 84.0 Å². The second kappa shape index (κ2) is 16.5. The number of nitrogens with zero attached hydrogens (tertiary/aromatic N) is 6. The van der Waals surface area contributed by atoms with Crippen LogP contribution in [0.5, 0.6) is 0 Å². The maximum atomic E-state index is 12.3. The van der Waals surface area contributed by atoms with Crippen LogP contribution in [0.4, 0.5) is 0 Å². The number of hydrogen-bond donors (Lipinski definition) is 0. The Kier molecular flexibility index (Phi) is 12.4. The van der Waals surface area contributed by atoms with Crippen molar-refractivity contribution in [3.8, 4) is 0 Å². The van der Waals surface area contributed by atoms with E-state index in [1.54, 1.807) is 6.92 Å². The summed E-state index contributed by atoms with van der Waals surface area (Å²) in [5.41, 5.74) is -3.34. The summed E-state index contributed by atoms with van der Waals surface area (Å²) in [7, 11) is 0. The predicted molar refractivity (Wildman–Crippen MR) is 174 cm³/mol. The molecule has 2 aromatic rings. The van der Waals surface area contributed by atoms with Gasteiger partial charge in [-0.2, -0.15) is 0 Å². The summed E-state index contributed by atoms with van der Waals surface area (Å²) in [6.07, 6.45) is 4.08. The first-order valence-corrected chi connectivity index (χ1v) is 15.4. The van der Waals surface area contributed by atoms with Crippen molar-refractivity contribution < 1.29 is 28.5 Å². The second-order valence-electron chi connectivity index (χ2n) is 11.4. The third-order valence-corrected chi connectivity index (χ3v) is 7.22. The van der Waals surface area contributed by atoms with E-state index in [9.17, 15) is 33.6 Å². The van der Waals surface area contributed by atoms with E-state index in [-0.39, 0.29) is 69.7 Å². The number of aromatic nitrogens is 6. The van der Waals surface area contributed by atoms with E-state index in [1.807, 2.05) is 0 Å². The molecule has 0 saturated carbocycles. The molecule has 0 radical (unpaired) electrons. The fourth-order valence-electron chi connectivity index (χ4n) is 4.28. The van der Waals surface area contributed by atoms with Crippen LogP contribution in [0.2, 0.25) is 0 Å². The highest BCUT2D eigenvalue weighted by atomic mass is 16.6. The van der Waals surface area contributed by atoms with Crippen LogP contribution in [0.25, 0.3) is 0 Å². The van der Waals surface area contributed by atoms with Gasteiger partial charge < -0.3 is 23.7 Å². The van der Waals surface area contributed by atoms with Gasteiger partial charge in [-0.05, 0) is 6.92 Å². The Morgan fingerprint density at radius 1 is 0.592 bits per heavy atom. The summed E-state index contributed by atoms with van der Waals surface area (Å²) in [5.74, 6) is -0.337. The largest absolute Gasteiger partial charge is 0.459 e. The molecule has 0 aromatic carbocycles. The predicted octanol–water partition coefficient (Wildman–Crippen LogP) is -2.40. The molecular weight excluding hydrogens is 648 g/mol. The number of rotatable bonds is 15. The monoisotopic (exact) mass is 688 g/mol. The summed E-state index contributed by atoms with van der Waals surface area (Å²) >= 11 is 0. The zero-order chi connectivity index (χ0) is 35.8. The van der Waals surface area contributed by atoms with Gasteiger partial charge in [-0.3, -0.25) is 0 Å². The van der Waals surface area contributed by atoms with Crippen molar-refractivity contribution in [2.24, 2.45) is 0 Å². The molecule has 0 amide bonds. The van der Waals surface area contributed by atoms with Gasteiger partial charge in [-0.1, -0.05) is 24.8 Å². The average molecular weight is 689 g/mol. The van der Waals surface area contributed by atoms with Gasteiger partial charge in [-0.15, -0.1) is 19.7 Å². The van der Waals surface area contributed by atoms with E-state index in [0.29, 0.717) is 38.6 Å². The Balaban J connectivity index is 0.000000175. The quantitative estimate of drug-likeness (QED) is 0.0831. The van der Waals surface area contributed by atoms with Crippen molar-refractivity contribution in [2.75, 3.05) is 33.0 Å². The van der Waals surface area contributed by atoms with Gasteiger partial charge in [0.25, 0.3) is 0 Å². The molecule has 6 rings (SSSR count). The van der Waals surface area contributed by atoms with Gasteiger partial charge in [0, 0.05) is 5.57 Å². The zero-order valence-electron chi connectivity index (χ0n) is 27.2. The summed E-state index contributed by atoms with van der Waals surface area (Å²) in [4.78, 5) is 83.6. The second-order valence-corrected chi connectivity index (χ2v) is 11.4. The lowest BCUT2D eigenvalue weighted by Gasteiger charge is -2.11. The van der Waals surface area contributed by atoms with Crippen LogP contribution in [0, 0.1) is 0 Å².